The van der Waals surface area contributed by atoms with Crippen LogP contribution in [0.4, 0.5) is 0 Å². The zero-order valence-corrected chi connectivity index (χ0v) is 10.7. The predicted octanol–water partition coefficient (Wildman–Crippen LogP) is 2.15. The lowest BCUT2D eigenvalue weighted by atomic mass is 10.0. The average Bonchev–Trinajstić information content (AvgIpc) is 2.19. The van der Waals surface area contributed by atoms with Crippen LogP contribution in [0.25, 0.3) is 0 Å². The minimum absolute atomic E-state index is 0.0897. The Morgan fingerprint density at radius 3 is 2.20 bits per heavy atom. The summed E-state index contributed by atoms with van der Waals surface area (Å²) in [5.41, 5.74) is 0. The highest BCUT2D eigenvalue weighted by Crippen LogP contribution is 2.14. The monoisotopic (exact) mass is 238 g/mol. The van der Waals surface area contributed by atoms with Gasteiger partial charge in [0.15, 0.2) is 6.79 Å². The molecule has 0 aliphatic heterocycles. The number of ether oxygens (including phenoxy) is 1. The van der Waals surface area contributed by atoms with E-state index in [4.69, 9.17) is 4.74 Å². The largest absolute Gasteiger partial charge is 0.354 e. The van der Waals surface area contributed by atoms with E-state index < -0.39 is 10.1 Å². The molecule has 92 valence electrons. The molecular weight excluding hydrogens is 216 g/mol. The van der Waals surface area contributed by atoms with Crippen LogP contribution in [0.1, 0.15) is 40.0 Å². The minimum atomic E-state index is -3.39. The summed E-state index contributed by atoms with van der Waals surface area (Å²) in [7, 11) is -3.39. The van der Waals surface area contributed by atoms with E-state index in [0.29, 0.717) is 18.9 Å². The molecule has 0 rings (SSSR count). The molecule has 0 radical (unpaired) electrons. The standard InChI is InChI=1S/C10H22O4S/c1-4-10(5-2)7-8-15(11,12)14-9-13-6-3/h10H,4-9H2,1-3H3. The number of hydrogen-bond donors (Lipinski definition) is 0. The van der Waals surface area contributed by atoms with Gasteiger partial charge in [-0.15, -0.1) is 0 Å². The van der Waals surface area contributed by atoms with E-state index in [1.54, 1.807) is 6.92 Å². The van der Waals surface area contributed by atoms with Crippen molar-refractivity contribution in [1.29, 1.82) is 0 Å². The fraction of sp³-hybridized carbons (Fsp3) is 1.00. The molecule has 0 aromatic heterocycles. The van der Waals surface area contributed by atoms with Crippen molar-refractivity contribution in [3.63, 3.8) is 0 Å². The molecule has 0 fully saturated rings. The van der Waals surface area contributed by atoms with Gasteiger partial charge in [0, 0.05) is 6.61 Å². The Kier molecular flexibility index (Phi) is 8.00. The van der Waals surface area contributed by atoms with Gasteiger partial charge >= 0.3 is 0 Å². The molecule has 0 aliphatic carbocycles. The van der Waals surface area contributed by atoms with Crippen LogP contribution in [0.15, 0.2) is 0 Å². The third-order valence-corrected chi connectivity index (χ3v) is 3.64. The highest BCUT2D eigenvalue weighted by Gasteiger charge is 2.14. The molecule has 0 spiro atoms. The smallest absolute Gasteiger partial charge is 0.269 e. The molecule has 0 saturated heterocycles. The van der Waals surface area contributed by atoms with E-state index in [-0.39, 0.29) is 12.5 Å². The zero-order chi connectivity index (χ0) is 11.7. The SMILES string of the molecule is CCOCOS(=O)(=O)CCC(CC)CC. The summed E-state index contributed by atoms with van der Waals surface area (Å²) in [5, 5.41) is 0. The summed E-state index contributed by atoms with van der Waals surface area (Å²) in [6.45, 7) is 6.23. The first-order chi connectivity index (χ1) is 7.05. The molecule has 0 bridgehead atoms. The van der Waals surface area contributed by atoms with Gasteiger partial charge in [0.05, 0.1) is 5.75 Å². The van der Waals surface area contributed by atoms with Crippen molar-refractivity contribution in [2.45, 2.75) is 40.0 Å². The lowest BCUT2D eigenvalue weighted by Crippen LogP contribution is -2.15. The number of rotatable bonds is 9. The van der Waals surface area contributed by atoms with Crippen molar-refractivity contribution >= 4 is 10.1 Å². The van der Waals surface area contributed by atoms with Crippen molar-refractivity contribution in [3.05, 3.63) is 0 Å². The molecular formula is C10H22O4S. The normalized spacial score (nSPS) is 12.3. The molecule has 0 atom stereocenters. The molecule has 0 aliphatic rings. The molecule has 5 heteroatoms. The van der Waals surface area contributed by atoms with Gasteiger partial charge in [-0.3, -0.25) is 0 Å². The number of hydrogen-bond acceptors (Lipinski definition) is 4. The van der Waals surface area contributed by atoms with E-state index in [9.17, 15) is 8.42 Å². The van der Waals surface area contributed by atoms with Crippen molar-refractivity contribution in [2.24, 2.45) is 5.92 Å². The van der Waals surface area contributed by atoms with Crippen LogP contribution in [-0.4, -0.2) is 27.6 Å². The maximum atomic E-state index is 11.3. The Morgan fingerprint density at radius 2 is 1.73 bits per heavy atom. The summed E-state index contributed by atoms with van der Waals surface area (Å²) in [6, 6.07) is 0. The Balaban J connectivity index is 3.82. The van der Waals surface area contributed by atoms with Crippen molar-refractivity contribution in [2.75, 3.05) is 19.2 Å². The predicted molar refractivity (Wildman–Crippen MR) is 60.1 cm³/mol. The van der Waals surface area contributed by atoms with Crippen LogP contribution < -0.4 is 0 Å². The van der Waals surface area contributed by atoms with Crippen LogP contribution in [0, 0.1) is 5.92 Å². The summed E-state index contributed by atoms with van der Waals surface area (Å²) < 4.78 is 32.2. The van der Waals surface area contributed by atoms with E-state index >= 15 is 0 Å². The summed E-state index contributed by atoms with van der Waals surface area (Å²) in [6.07, 6.45) is 2.69. The summed E-state index contributed by atoms with van der Waals surface area (Å²) >= 11 is 0. The molecule has 0 aromatic carbocycles. The van der Waals surface area contributed by atoms with E-state index in [0.717, 1.165) is 12.8 Å². The van der Waals surface area contributed by atoms with E-state index in [2.05, 4.69) is 18.0 Å². The first kappa shape index (κ1) is 14.9. The molecule has 0 unspecified atom stereocenters. The lowest BCUT2D eigenvalue weighted by molar-refractivity contribution is 0.0267. The maximum Gasteiger partial charge on any atom is 0.269 e. The van der Waals surface area contributed by atoms with Gasteiger partial charge in [0.1, 0.15) is 0 Å². The molecule has 4 nitrogen and oxygen atoms in total. The second kappa shape index (κ2) is 8.07. The quantitative estimate of drug-likeness (QED) is 0.351. The Hall–Kier alpha value is -0.130. The van der Waals surface area contributed by atoms with Gasteiger partial charge < -0.3 is 4.74 Å². The van der Waals surface area contributed by atoms with Gasteiger partial charge in [-0.1, -0.05) is 26.7 Å². The van der Waals surface area contributed by atoms with Gasteiger partial charge in [-0.2, -0.15) is 8.42 Å². The molecule has 0 N–H and O–H groups in total. The van der Waals surface area contributed by atoms with Crippen LogP contribution >= 0.6 is 0 Å². The highest BCUT2D eigenvalue weighted by molar-refractivity contribution is 7.86. The molecule has 15 heavy (non-hydrogen) atoms. The second-order valence-corrected chi connectivity index (χ2v) is 5.22. The van der Waals surface area contributed by atoms with Crippen molar-refractivity contribution < 1.29 is 17.3 Å². The summed E-state index contributed by atoms with van der Waals surface area (Å²) in [4.78, 5) is 0. The Morgan fingerprint density at radius 1 is 1.13 bits per heavy atom. The summed E-state index contributed by atoms with van der Waals surface area (Å²) in [5.74, 6) is 0.558. The van der Waals surface area contributed by atoms with Gasteiger partial charge in [0.25, 0.3) is 10.1 Å². The van der Waals surface area contributed by atoms with Crippen LogP contribution in [0.5, 0.6) is 0 Å². The van der Waals surface area contributed by atoms with Crippen LogP contribution in [0.2, 0.25) is 0 Å². The van der Waals surface area contributed by atoms with E-state index in [1.165, 1.54) is 0 Å². The van der Waals surface area contributed by atoms with E-state index in [1.807, 2.05) is 0 Å². The average molecular weight is 238 g/mol. The Labute approximate surface area is 93.1 Å². The van der Waals surface area contributed by atoms with Gasteiger partial charge in [0.2, 0.25) is 0 Å². The van der Waals surface area contributed by atoms with Crippen LogP contribution in [-0.2, 0) is 19.0 Å². The molecule has 0 amide bonds. The van der Waals surface area contributed by atoms with Gasteiger partial charge in [-0.25, -0.2) is 4.18 Å². The van der Waals surface area contributed by atoms with Crippen LogP contribution in [0.3, 0.4) is 0 Å². The first-order valence-electron chi connectivity index (χ1n) is 5.50. The maximum absolute atomic E-state index is 11.3. The third kappa shape index (κ3) is 7.76. The Bertz CT molecular complexity index is 232. The second-order valence-electron chi connectivity index (χ2n) is 3.46. The van der Waals surface area contributed by atoms with Crippen molar-refractivity contribution in [3.8, 4) is 0 Å². The van der Waals surface area contributed by atoms with Gasteiger partial charge in [-0.05, 0) is 19.3 Å². The molecule has 0 saturated carbocycles. The third-order valence-electron chi connectivity index (χ3n) is 2.45. The lowest BCUT2D eigenvalue weighted by Gasteiger charge is -2.11. The topological polar surface area (TPSA) is 52.6 Å². The zero-order valence-electron chi connectivity index (χ0n) is 9.86. The first-order valence-corrected chi connectivity index (χ1v) is 7.08. The molecule has 0 heterocycles. The van der Waals surface area contributed by atoms with Crippen molar-refractivity contribution in [1.82, 2.24) is 0 Å². The minimum Gasteiger partial charge on any atom is -0.354 e. The molecule has 0 aromatic rings. The fourth-order valence-corrected chi connectivity index (χ4v) is 2.21. The fourth-order valence-electron chi connectivity index (χ4n) is 1.26. The highest BCUT2D eigenvalue weighted by atomic mass is 32.2.